The highest BCUT2D eigenvalue weighted by Crippen LogP contribution is 2.22. The van der Waals surface area contributed by atoms with Gasteiger partial charge in [0.05, 0.1) is 12.7 Å². The van der Waals surface area contributed by atoms with Crippen molar-refractivity contribution in [2.24, 2.45) is 5.92 Å². The molecule has 2 atom stereocenters. The van der Waals surface area contributed by atoms with Gasteiger partial charge < -0.3 is 9.84 Å². The number of rotatable bonds is 2. The molecule has 4 heteroatoms. The zero-order chi connectivity index (χ0) is 12.5. The molecule has 2 aliphatic rings. The molecule has 0 saturated carbocycles. The van der Waals surface area contributed by atoms with E-state index >= 15 is 0 Å². The number of hydrogen-bond acceptors (Lipinski definition) is 4. The van der Waals surface area contributed by atoms with Crippen LogP contribution in [0.25, 0.3) is 0 Å². The Hall–Kier alpha value is -0.160. The molecule has 2 fully saturated rings. The monoisotopic (exact) mass is 242 g/mol. The van der Waals surface area contributed by atoms with Crippen LogP contribution in [0.5, 0.6) is 0 Å². The van der Waals surface area contributed by atoms with E-state index in [0.717, 1.165) is 32.6 Å². The predicted octanol–water partition coefficient (Wildman–Crippen LogP) is 0.410. The molecule has 0 amide bonds. The molecule has 2 aliphatic heterocycles. The summed E-state index contributed by atoms with van der Waals surface area (Å²) in [4.78, 5) is 4.89. The number of aliphatic hydroxyl groups is 1. The van der Waals surface area contributed by atoms with Crippen LogP contribution in [0.15, 0.2) is 0 Å². The van der Waals surface area contributed by atoms with Crippen LogP contribution < -0.4 is 0 Å². The van der Waals surface area contributed by atoms with Crippen molar-refractivity contribution in [3.8, 4) is 0 Å². The molecule has 0 spiro atoms. The van der Waals surface area contributed by atoms with Crippen molar-refractivity contribution in [3.63, 3.8) is 0 Å². The minimum absolute atomic E-state index is 0.175. The van der Waals surface area contributed by atoms with E-state index in [0.29, 0.717) is 19.1 Å². The maximum atomic E-state index is 9.96. The van der Waals surface area contributed by atoms with Gasteiger partial charge in [0.2, 0.25) is 0 Å². The summed E-state index contributed by atoms with van der Waals surface area (Å²) in [5.41, 5.74) is 0.235. The van der Waals surface area contributed by atoms with Gasteiger partial charge in [0, 0.05) is 44.2 Å². The molecule has 2 heterocycles. The van der Waals surface area contributed by atoms with Crippen molar-refractivity contribution in [2.45, 2.75) is 31.9 Å². The first-order chi connectivity index (χ1) is 7.99. The van der Waals surface area contributed by atoms with Gasteiger partial charge in [0.15, 0.2) is 0 Å². The number of likely N-dealkylation sites (N-methyl/N-ethyl adjacent to an activating group) is 1. The molecule has 100 valence electrons. The van der Waals surface area contributed by atoms with Gasteiger partial charge in [-0.1, -0.05) is 0 Å². The van der Waals surface area contributed by atoms with Crippen LogP contribution in [0, 0.1) is 5.92 Å². The number of hydrogen-bond donors (Lipinski definition) is 1. The van der Waals surface area contributed by atoms with Crippen molar-refractivity contribution in [2.75, 3.05) is 46.4 Å². The van der Waals surface area contributed by atoms with E-state index in [1.807, 2.05) is 0 Å². The topological polar surface area (TPSA) is 35.9 Å². The van der Waals surface area contributed by atoms with Crippen LogP contribution in [0.4, 0.5) is 0 Å². The first-order valence-electron chi connectivity index (χ1n) is 6.68. The van der Waals surface area contributed by atoms with Gasteiger partial charge >= 0.3 is 0 Å². The Morgan fingerprint density at radius 1 is 1.35 bits per heavy atom. The van der Waals surface area contributed by atoms with Crippen molar-refractivity contribution >= 4 is 0 Å². The summed E-state index contributed by atoms with van der Waals surface area (Å²) in [5, 5.41) is 9.96. The smallest absolute Gasteiger partial charge is 0.0624 e. The highest BCUT2D eigenvalue weighted by Gasteiger charge is 2.33. The van der Waals surface area contributed by atoms with Crippen molar-refractivity contribution in [1.82, 2.24) is 9.80 Å². The molecule has 2 unspecified atom stereocenters. The second-order valence-corrected chi connectivity index (χ2v) is 6.16. The Morgan fingerprint density at radius 2 is 2.12 bits per heavy atom. The molecule has 1 N–H and O–H groups in total. The number of piperazine rings is 1. The van der Waals surface area contributed by atoms with E-state index in [9.17, 15) is 5.11 Å². The Bertz CT molecular complexity index is 258. The SMILES string of the molecule is CN1CCN(CC2COCCC2O)CC1(C)C. The van der Waals surface area contributed by atoms with Gasteiger partial charge in [-0.2, -0.15) is 0 Å². The zero-order valence-corrected chi connectivity index (χ0v) is 11.4. The summed E-state index contributed by atoms with van der Waals surface area (Å²) in [6.45, 7) is 10.3. The second-order valence-electron chi connectivity index (χ2n) is 6.16. The summed E-state index contributed by atoms with van der Waals surface area (Å²) >= 11 is 0. The van der Waals surface area contributed by atoms with Crippen LogP contribution in [0.2, 0.25) is 0 Å². The van der Waals surface area contributed by atoms with E-state index in [2.05, 4.69) is 30.7 Å². The van der Waals surface area contributed by atoms with Gasteiger partial charge in [-0.15, -0.1) is 0 Å². The molecule has 0 bridgehead atoms. The molecule has 0 aromatic heterocycles. The Kier molecular flexibility index (Phi) is 4.08. The van der Waals surface area contributed by atoms with E-state index in [1.165, 1.54) is 0 Å². The first-order valence-corrected chi connectivity index (χ1v) is 6.68. The largest absolute Gasteiger partial charge is 0.393 e. The predicted molar refractivity (Wildman–Crippen MR) is 68.1 cm³/mol. The lowest BCUT2D eigenvalue weighted by Gasteiger charge is -2.46. The molecular formula is C13H26N2O2. The quantitative estimate of drug-likeness (QED) is 0.761. The highest BCUT2D eigenvalue weighted by atomic mass is 16.5. The highest BCUT2D eigenvalue weighted by molar-refractivity contribution is 4.89. The lowest BCUT2D eigenvalue weighted by molar-refractivity contribution is -0.0581. The average molecular weight is 242 g/mol. The minimum atomic E-state index is -0.175. The van der Waals surface area contributed by atoms with Crippen molar-refractivity contribution in [1.29, 1.82) is 0 Å². The first kappa shape index (κ1) is 13.3. The molecule has 17 heavy (non-hydrogen) atoms. The summed E-state index contributed by atoms with van der Waals surface area (Å²) < 4.78 is 5.47. The molecule has 0 aromatic carbocycles. The van der Waals surface area contributed by atoms with E-state index in [-0.39, 0.29) is 11.6 Å². The Morgan fingerprint density at radius 3 is 2.76 bits per heavy atom. The van der Waals surface area contributed by atoms with Crippen molar-refractivity contribution < 1.29 is 9.84 Å². The van der Waals surface area contributed by atoms with Gasteiger partial charge in [0.1, 0.15) is 0 Å². The third-order valence-corrected chi connectivity index (χ3v) is 4.32. The molecule has 4 nitrogen and oxygen atoms in total. The second kappa shape index (κ2) is 5.22. The maximum absolute atomic E-state index is 9.96. The summed E-state index contributed by atoms with van der Waals surface area (Å²) in [7, 11) is 2.19. The fourth-order valence-electron chi connectivity index (χ4n) is 2.79. The van der Waals surface area contributed by atoms with Crippen LogP contribution in [0.3, 0.4) is 0 Å². The lowest BCUT2D eigenvalue weighted by Crippen LogP contribution is -2.59. The van der Waals surface area contributed by atoms with Crippen molar-refractivity contribution in [3.05, 3.63) is 0 Å². The minimum Gasteiger partial charge on any atom is -0.393 e. The Labute approximate surface area is 105 Å². The molecule has 0 aliphatic carbocycles. The zero-order valence-electron chi connectivity index (χ0n) is 11.4. The van der Waals surface area contributed by atoms with Crippen LogP contribution in [-0.2, 0) is 4.74 Å². The third-order valence-electron chi connectivity index (χ3n) is 4.32. The summed E-state index contributed by atoms with van der Waals surface area (Å²) in [6, 6.07) is 0. The Balaban J connectivity index is 1.87. The molecule has 2 rings (SSSR count). The van der Waals surface area contributed by atoms with E-state index in [1.54, 1.807) is 0 Å². The molecule has 0 radical (unpaired) electrons. The maximum Gasteiger partial charge on any atom is 0.0624 e. The van der Waals surface area contributed by atoms with E-state index in [4.69, 9.17) is 4.74 Å². The van der Waals surface area contributed by atoms with Crippen LogP contribution in [0.1, 0.15) is 20.3 Å². The van der Waals surface area contributed by atoms with E-state index < -0.39 is 0 Å². The fraction of sp³-hybridized carbons (Fsp3) is 1.00. The molecule has 0 aromatic rings. The van der Waals surface area contributed by atoms with Gasteiger partial charge in [-0.05, 0) is 27.3 Å². The normalized spacial score (nSPS) is 36.0. The number of ether oxygens (including phenoxy) is 1. The van der Waals surface area contributed by atoms with Crippen LogP contribution in [-0.4, -0.2) is 73.0 Å². The summed E-state index contributed by atoms with van der Waals surface area (Å²) in [5.74, 6) is 0.294. The molecular weight excluding hydrogens is 216 g/mol. The van der Waals surface area contributed by atoms with Gasteiger partial charge in [0.25, 0.3) is 0 Å². The number of aliphatic hydroxyl groups excluding tert-OH is 1. The van der Waals surface area contributed by atoms with Gasteiger partial charge in [-0.3, -0.25) is 9.80 Å². The number of nitrogens with zero attached hydrogens (tertiary/aromatic N) is 2. The van der Waals surface area contributed by atoms with Crippen LogP contribution >= 0.6 is 0 Å². The van der Waals surface area contributed by atoms with Gasteiger partial charge in [-0.25, -0.2) is 0 Å². The third kappa shape index (κ3) is 3.19. The average Bonchev–Trinajstić information content (AvgIpc) is 2.26. The summed E-state index contributed by atoms with van der Waals surface area (Å²) in [6.07, 6.45) is 0.619. The lowest BCUT2D eigenvalue weighted by atomic mass is 9.95. The standard InChI is InChI=1S/C13H26N2O2/c1-13(2)10-15(6-5-14(13)3)8-11-9-17-7-4-12(11)16/h11-12,16H,4-10H2,1-3H3. The molecule has 2 saturated heterocycles. The fourth-order valence-corrected chi connectivity index (χ4v) is 2.79.